The molecule has 32 heavy (non-hydrogen) atoms. The summed E-state index contributed by atoms with van der Waals surface area (Å²) in [5.41, 5.74) is 9.21. The number of carbonyl (C=O) groups excluding carboxylic acids is 1. The smallest absolute Gasteiger partial charge is 0.294 e. The molecule has 0 atom stereocenters. The summed E-state index contributed by atoms with van der Waals surface area (Å²) in [5.74, 6) is -0.755. The second kappa shape index (κ2) is 8.73. The molecule has 13 nitrogen and oxygen atoms in total. The van der Waals surface area contributed by atoms with Gasteiger partial charge in [-0.25, -0.2) is 10.1 Å². The number of anilines is 1. The van der Waals surface area contributed by atoms with Crippen molar-refractivity contribution in [1.82, 2.24) is 30.7 Å². The number of nitrogens with one attached hydrogen (secondary N) is 1. The van der Waals surface area contributed by atoms with E-state index in [1.54, 1.807) is 12.1 Å². The van der Waals surface area contributed by atoms with E-state index in [0.29, 0.717) is 5.56 Å². The summed E-state index contributed by atoms with van der Waals surface area (Å²) in [7, 11) is 0. The van der Waals surface area contributed by atoms with Crippen LogP contribution in [0.15, 0.2) is 62.7 Å². The number of nitrogens with zero attached hydrogens (tertiary/aromatic N) is 7. The molecule has 4 aromatic rings. The van der Waals surface area contributed by atoms with Crippen LogP contribution in [0.3, 0.4) is 0 Å². The summed E-state index contributed by atoms with van der Waals surface area (Å²) in [6, 6.07) is 12.7. The van der Waals surface area contributed by atoms with Gasteiger partial charge in [-0.05, 0) is 40.1 Å². The number of nitro groups is 1. The van der Waals surface area contributed by atoms with Crippen LogP contribution in [0.25, 0.3) is 17.1 Å². The summed E-state index contributed by atoms with van der Waals surface area (Å²) in [6.07, 6.45) is 1.46. The Hall–Kier alpha value is -4.46. The number of hydrogen-bond donors (Lipinski definition) is 2. The van der Waals surface area contributed by atoms with Crippen molar-refractivity contribution in [3.8, 4) is 17.1 Å². The van der Waals surface area contributed by atoms with Crippen LogP contribution in [0.4, 0.5) is 11.5 Å². The van der Waals surface area contributed by atoms with Crippen LogP contribution in [0.1, 0.15) is 16.1 Å². The molecule has 0 radical (unpaired) electrons. The van der Waals surface area contributed by atoms with Crippen molar-refractivity contribution in [2.75, 3.05) is 5.73 Å². The maximum atomic E-state index is 12.8. The van der Waals surface area contributed by atoms with Gasteiger partial charge in [0.25, 0.3) is 11.6 Å². The molecule has 0 unspecified atom stereocenters. The van der Waals surface area contributed by atoms with Crippen molar-refractivity contribution >= 4 is 39.6 Å². The van der Waals surface area contributed by atoms with Crippen LogP contribution >= 0.6 is 15.9 Å². The minimum absolute atomic E-state index is 0.00302. The van der Waals surface area contributed by atoms with Gasteiger partial charge in [0.05, 0.1) is 11.1 Å². The second-order valence-electron chi connectivity index (χ2n) is 6.23. The maximum Gasteiger partial charge on any atom is 0.294 e. The standard InChI is InChI=1S/C18H12BrN9O4/c19-12-5-1-10(2-6-12)9-21-23-18(29)14-15(11-3-7-13(8-4-11)28(30)31)27(26-22-14)17-16(20)24-32-25-17/h1-9H,(H2,20,24)(H,23,29). The molecule has 0 aliphatic heterocycles. The summed E-state index contributed by atoms with van der Waals surface area (Å²) < 4.78 is 6.66. The van der Waals surface area contributed by atoms with Crippen LogP contribution in [0.2, 0.25) is 0 Å². The van der Waals surface area contributed by atoms with Crippen LogP contribution < -0.4 is 11.2 Å². The molecule has 2 heterocycles. The number of halogens is 1. The van der Waals surface area contributed by atoms with E-state index in [1.165, 1.54) is 30.5 Å². The topological polar surface area (TPSA) is 180 Å². The van der Waals surface area contributed by atoms with Gasteiger partial charge in [-0.15, -0.1) is 5.10 Å². The van der Waals surface area contributed by atoms with Gasteiger partial charge in [0, 0.05) is 22.2 Å². The van der Waals surface area contributed by atoms with Crippen molar-refractivity contribution in [3.63, 3.8) is 0 Å². The first-order valence-electron chi connectivity index (χ1n) is 8.82. The first-order chi connectivity index (χ1) is 15.4. The fraction of sp³-hybridized carbons (Fsp3) is 0. The van der Waals surface area contributed by atoms with E-state index in [2.05, 4.69) is 51.7 Å². The third kappa shape index (κ3) is 4.20. The molecule has 0 aliphatic carbocycles. The molecule has 14 heteroatoms. The number of hydrazone groups is 1. The third-order valence-electron chi connectivity index (χ3n) is 4.18. The highest BCUT2D eigenvalue weighted by Gasteiger charge is 2.25. The zero-order valence-corrected chi connectivity index (χ0v) is 17.5. The number of nitro benzene ring substituents is 1. The fourth-order valence-corrected chi connectivity index (χ4v) is 2.95. The molecular weight excluding hydrogens is 486 g/mol. The number of benzene rings is 2. The molecule has 3 N–H and O–H groups in total. The van der Waals surface area contributed by atoms with Gasteiger partial charge in [-0.3, -0.25) is 14.9 Å². The van der Waals surface area contributed by atoms with Gasteiger partial charge in [-0.2, -0.15) is 9.78 Å². The molecule has 4 rings (SSSR count). The fourth-order valence-electron chi connectivity index (χ4n) is 2.69. The molecule has 2 aromatic carbocycles. The number of rotatable bonds is 6. The average Bonchev–Trinajstić information content (AvgIpc) is 3.41. The average molecular weight is 498 g/mol. The zero-order chi connectivity index (χ0) is 22.7. The predicted molar refractivity (Wildman–Crippen MR) is 115 cm³/mol. The molecule has 0 aliphatic rings. The highest BCUT2D eigenvalue weighted by Crippen LogP contribution is 2.28. The first kappa shape index (κ1) is 20.8. The Balaban J connectivity index is 1.69. The molecule has 0 spiro atoms. The van der Waals surface area contributed by atoms with E-state index in [0.717, 1.165) is 14.7 Å². The lowest BCUT2D eigenvalue weighted by Crippen LogP contribution is -2.19. The Morgan fingerprint density at radius 1 is 1.19 bits per heavy atom. The SMILES string of the molecule is Nc1nonc1-n1nnc(C(=O)NN=Cc2ccc(Br)cc2)c1-c1ccc([N+](=O)[O-])cc1. The Morgan fingerprint density at radius 2 is 1.91 bits per heavy atom. The van der Waals surface area contributed by atoms with Gasteiger partial charge < -0.3 is 5.73 Å². The number of nitrogen functional groups attached to an aromatic ring is 1. The van der Waals surface area contributed by atoms with E-state index < -0.39 is 10.8 Å². The Morgan fingerprint density at radius 3 is 2.53 bits per heavy atom. The lowest BCUT2D eigenvalue weighted by Gasteiger charge is -2.05. The number of aromatic nitrogens is 5. The number of carbonyl (C=O) groups is 1. The van der Waals surface area contributed by atoms with Gasteiger partial charge in [0.1, 0.15) is 5.69 Å². The summed E-state index contributed by atoms with van der Waals surface area (Å²) >= 11 is 3.34. The van der Waals surface area contributed by atoms with E-state index >= 15 is 0 Å². The minimum atomic E-state index is -0.673. The van der Waals surface area contributed by atoms with Gasteiger partial charge in [-0.1, -0.05) is 33.3 Å². The highest BCUT2D eigenvalue weighted by atomic mass is 79.9. The van der Waals surface area contributed by atoms with Crippen molar-refractivity contribution in [2.45, 2.75) is 0 Å². The number of hydrogen-bond acceptors (Lipinski definition) is 10. The Labute approximate surface area is 187 Å². The van der Waals surface area contributed by atoms with E-state index in [9.17, 15) is 14.9 Å². The summed E-state index contributed by atoms with van der Waals surface area (Å²) in [6.45, 7) is 0. The van der Waals surface area contributed by atoms with Crippen LogP contribution in [-0.4, -0.2) is 42.4 Å². The molecule has 1 amide bonds. The molecular formula is C18H12BrN9O4. The minimum Gasteiger partial charge on any atom is -0.378 e. The Kier molecular flexibility index (Phi) is 5.67. The van der Waals surface area contributed by atoms with Gasteiger partial charge >= 0.3 is 0 Å². The summed E-state index contributed by atoms with van der Waals surface area (Å²) in [5, 5.41) is 29.9. The molecule has 160 valence electrons. The third-order valence-corrected chi connectivity index (χ3v) is 4.71. The van der Waals surface area contributed by atoms with Crippen LogP contribution in [0.5, 0.6) is 0 Å². The molecule has 0 bridgehead atoms. The zero-order valence-electron chi connectivity index (χ0n) is 15.9. The van der Waals surface area contributed by atoms with E-state index in [4.69, 9.17) is 5.73 Å². The van der Waals surface area contributed by atoms with Crippen LogP contribution in [-0.2, 0) is 0 Å². The highest BCUT2D eigenvalue weighted by molar-refractivity contribution is 9.10. The normalized spacial score (nSPS) is 11.0. The quantitative estimate of drug-likeness (QED) is 0.229. The van der Waals surface area contributed by atoms with Crippen molar-refractivity contribution in [3.05, 3.63) is 74.4 Å². The molecule has 0 fully saturated rings. The van der Waals surface area contributed by atoms with Crippen molar-refractivity contribution < 1.29 is 14.3 Å². The lowest BCUT2D eigenvalue weighted by atomic mass is 10.1. The molecule has 0 saturated carbocycles. The van der Waals surface area contributed by atoms with E-state index in [1.807, 2.05) is 12.1 Å². The van der Waals surface area contributed by atoms with Crippen molar-refractivity contribution in [2.24, 2.45) is 5.10 Å². The van der Waals surface area contributed by atoms with Gasteiger partial charge in [0.2, 0.25) is 11.6 Å². The monoisotopic (exact) mass is 497 g/mol. The number of non-ortho nitro benzene ring substituents is 1. The largest absolute Gasteiger partial charge is 0.378 e. The predicted octanol–water partition coefficient (Wildman–Crippen LogP) is 2.33. The maximum absolute atomic E-state index is 12.8. The molecule has 2 aromatic heterocycles. The van der Waals surface area contributed by atoms with Gasteiger partial charge in [0.15, 0.2) is 5.69 Å². The lowest BCUT2D eigenvalue weighted by molar-refractivity contribution is -0.384. The van der Waals surface area contributed by atoms with Crippen molar-refractivity contribution in [1.29, 1.82) is 0 Å². The number of nitrogens with two attached hydrogens (primary N) is 1. The van der Waals surface area contributed by atoms with Crippen LogP contribution in [0, 0.1) is 10.1 Å². The second-order valence-corrected chi connectivity index (χ2v) is 7.14. The Bertz CT molecular complexity index is 1310. The first-order valence-corrected chi connectivity index (χ1v) is 9.61. The van der Waals surface area contributed by atoms with E-state index in [-0.39, 0.29) is 28.7 Å². The number of amides is 1. The summed E-state index contributed by atoms with van der Waals surface area (Å²) in [4.78, 5) is 23.2. The molecule has 0 saturated heterocycles.